The van der Waals surface area contributed by atoms with Crippen LogP contribution >= 0.6 is 0 Å². The van der Waals surface area contributed by atoms with Gasteiger partial charge in [-0.1, -0.05) is 0 Å². The van der Waals surface area contributed by atoms with Crippen molar-refractivity contribution in [2.45, 2.75) is 65.3 Å². The summed E-state index contributed by atoms with van der Waals surface area (Å²) in [5.41, 5.74) is 1.08. The molecule has 0 saturated carbocycles. The number of hydrogen-bond acceptors (Lipinski definition) is 8. The summed E-state index contributed by atoms with van der Waals surface area (Å²) < 4.78 is 48.1. The van der Waals surface area contributed by atoms with Crippen LogP contribution in [-0.4, -0.2) is 63.9 Å². The first-order chi connectivity index (χ1) is 14.1. The molecule has 1 unspecified atom stereocenters. The minimum atomic E-state index is -3.84. The van der Waals surface area contributed by atoms with Gasteiger partial charge < -0.3 is 18.9 Å². The molecule has 0 fully saturated rings. The van der Waals surface area contributed by atoms with Crippen molar-refractivity contribution in [3.05, 3.63) is 22.8 Å². The molecule has 10 heteroatoms. The van der Waals surface area contributed by atoms with E-state index in [0.717, 1.165) is 16.8 Å². The molecule has 0 aliphatic carbocycles. The van der Waals surface area contributed by atoms with Gasteiger partial charge in [-0.25, -0.2) is 13.2 Å². The molecule has 0 aromatic heterocycles. The first kappa shape index (κ1) is 26.9. The van der Waals surface area contributed by atoms with Crippen LogP contribution in [0.2, 0.25) is 0 Å². The van der Waals surface area contributed by atoms with Crippen LogP contribution < -0.4 is 4.74 Å². The average Bonchev–Trinajstić information content (AvgIpc) is 2.61. The Bertz CT molecular complexity index is 918. The molecular weight excluding hydrogens is 426 g/mol. The van der Waals surface area contributed by atoms with E-state index in [0.29, 0.717) is 16.9 Å². The Hall–Kier alpha value is -2.17. The predicted molar refractivity (Wildman–Crippen MR) is 114 cm³/mol. The lowest BCUT2D eigenvalue weighted by molar-refractivity contribution is -0.207. The number of esters is 2. The lowest BCUT2D eigenvalue weighted by Crippen LogP contribution is -2.38. The van der Waals surface area contributed by atoms with Crippen LogP contribution in [0.4, 0.5) is 0 Å². The molecule has 0 heterocycles. The smallest absolute Gasteiger partial charge is 0.376 e. The molecule has 0 aliphatic heterocycles. The van der Waals surface area contributed by atoms with E-state index >= 15 is 0 Å². The second-order valence-electron chi connectivity index (χ2n) is 8.15. The molecule has 1 rings (SSSR count). The van der Waals surface area contributed by atoms with Gasteiger partial charge >= 0.3 is 18.2 Å². The van der Waals surface area contributed by atoms with E-state index < -0.39 is 33.9 Å². The lowest BCUT2D eigenvalue weighted by atomic mass is 10.1. The first-order valence-corrected chi connectivity index (χ1v) is 11.2. The zero-order chi connectivity index (χ0) is 24.1. The molecule has 0 N–H and O–H groups in total. The molecular formula is C21H33NO8S. The van der Waals surface area contributed by atoms with Crippen LogP contribution in [0.3, 0.4) is 0 Å². The summed E-state index contributed by atoms with van der Waals surface area (Å²) in [6.07, 6.45) is -1.58. The number of ether oxygens (including phenoxy) is 4. The highest BCUT2D eigenvalue weighted by molar-refractivity contribution is 7.89. The number of hydrogen-bond donors (Lipinski definition) is 0. The Morgan fingerprint density at radius 2 is 1.71 bits per heavy atom. The quantitative estimate of drug-likeness (QED) is 0.409. The Morgan fingerprint density at radius 1 is 1.13 bits per heavy atom. The number of carbonyl (C=O) groups excluding carboxylic acids is 2. The van der Waals surface area contributed by atoms with Crippen molar-refractivity contribution in [3.63, 3.8) is 0 Å². The minimum absolute atomic E-state index is 0.0765. The van der Waals surface area contributed by atoms with E-state index in [1.807, 2.05) is 0 Å². The molecule has 0 amide bonds. The monoisotopic (exact) mass is 459 g/mol. The fraction of sp³-hybridized carbons (Fsp3) is 0.619. The van der Waals surface area contributed by atoms with Gasteiger partial charge in [0.25, 0.3) is 0 Å². The number of sulfonamides is 1. The molecule has 0 aliphatic rings. The third-order valence-corrected chi connectivity index (χ3v) is 6.56. The van der Waals surface area contributed by atoms with E-state index in [9.17, 15) is 18.0 Å². The summed E-state index contributed by atoms with van der Waals surface area (Å²) in [7, 11) is -0.905. The number of rotatable bonds is 9. The zero-order valence-corrected chi connectivity index (χ0v) is 20.5. The van der Waals surface area contributed by atoms with Crippen LogP contribution in [0.25, 0.3) is 0 Å². The Balaban J connectivity index is 2.97. The molecule has 0 radical (unpaired) electrons. The molecule has 0 spiro atoms. The average molecular weight is 460 g/mol. The molecule has 0 bridgehead atoms. The Kier molecular flexibility index (Phi) is 9.04. The standard InChI is InChI=1S/C21H33NO8S/c1-13-12-17(27-9)14(2)15(3)18(13)31(25,26)22(8)10-11-28-20(29-16(4)23)19(24)30-21(5,6)7/h12,20H,10-11H2,1-9H3. The van der Waals surface area contributed by atoms with Gasteiger partial charge in [0.2, 0.25) is 10.0 Å². The maximum absolute atomic E-state index is 13.2. The first-order valence-electron chi connectivity index (χ1n) is 9.74. The van der Waals surface area contributed by atoms with Gasteiger partial charge in [0.1, 0.15) is 11.4 Å². The van der Waals surface area contributed by atoms with Gasteiger partial charge in [-0.15, -0.1) is 0 Å². The van der Waals surface area contributed by atoms with Crippen LogP contribution in [0.5, 0.6) is 5.75 Å². The lowest BCUT2D eigenvalue weighted by Gasteiger charge is -2.25. The molecule has 1 atom stereocenters. The Labute approximate surface area is 184 Å². The van der Waals surface area contributed by atoms with E-state index in [1.165, 1.54) is 14.2 Å². The number of methoxy groups -OCH3 is 1. The van der Waals surface area contributed by atoms with E-state index in [2.05, 4.69) is 0 Å². The van der Waals surface area contributed by atoms with Crippen molar-refractivity contribution in [3.8, 4) is 5.75 Å². The molecule has 9 nitrogen and oxygen atoms in total. The number of carbonyl (C=O) groups is 2. The highest BCUT2D eigenvalue weighted by Gasteiger charge is 2.30. The second kappa shape index (κ2) is 10.4. The topological polar surface area (TPSA) is 108 Å². The highest BCUT2D eigenvalue weighted by Crippen LogP contribution is 2.31. The fourth-order valence-electron chi connectivity index (χ4n) is 2.85. The van der Waals surface area contributed by atoms with Crippen LogP contribution in [0.15, 0.2) is 11.0 Å². The van der Waals surface area contributed by atoms with Gasteiger partial charge in [0, 0.05) is 20.5 Å². The van der Waals surface area contributed by atoms with Gasteiger partial charge in [-0.05, 0) is 64.3 Å². The highest BCUT2D eigenvalue weighted by atomic mass is 32.2. The largest absolute Gasteiger partial charge is 0.496 e. The second-order valence-corrected chi connectivity index (χ2v) is 10.1. The summed E-state index contributed by atoms with van der Waals surface area (Å²) >= 11 is 0. The number of aryl methyl sites for hydroxylation is 1. The predicted octanol–water partition coefficient (Wildman–Crippen LogP) is 2.49. The third-order valence-electron chi connectivity index (χ3n) is 4.41. The van der Waals surface area contributed by atoms with Crippen molar-refractivity contribution in [2.75, 3.05) is 27.3 Å². The third kappa shape index (κ3) is 7.19. The van der Waals surface area contributed by atoms with E-state index in [1.54, 1.807) is 47.6 Å². The van der Waals surface area contributed by atoms with Gasteiger partial charge in [-0.3, -0.25) is 4.79 Å². The van der Waals surface area contributed by atoms with Crippen molar-refractivity contribution in [1.82, 2.24) is 4.31 Å². The zero-order valence-electron chi connectivity index (χ0n) is 19.7. The maximum atomic E-state index is 13.2. The molecule has 176 valence electrons. The van der Waals surface area contributed by atoms with Gasteiger partial charge in [0.15, 0.2) is 0 Å². The summed E-state index contributed by atoms with van der Waals surface area (Å²) in [4.78, 5) is 23.7. The van der Waals surface area contributed by atoms with Crippen molar-refractivity contribution < 1.29 is 37.0 Å². The number of nitrogens with zero attached hydrogens (tertiary/aromatic N) is 1. The van der Waals surface area contributed by atoms with Gasteiger partial charge in [-0.2, -0.15) is 4.31 Å². The Morgan fingerprint density at radius 3 is 2.19 bits per heavy atom. The molecule has 1 aromatic rings. The summed E-state index contributed by atoms with van der Waals surface area (Å²) in [5, 5.41) is 0. The summed E-state index contributed by atoms with van der Waals surface area (Å²) in [6.45, 7) is 11.1. The van der Waals surface area contributed by atoms with Crippen LogP contribution in [0, 0.1) is 20.8 Å². The summed E-state index contributed by atoms with van der Waals surface area (Å²) in [6, 6.07) is 1.68. The van der Waals surface area contributed by atoms with Crippen molar-refractivity contribution in [2.24, 2.45) is 0 Å². The normalized spacial score (nSPS) is 13.1. The van der Waals surface area contributed by atoms with Crippen molar-refractivity contribution in [1.29, 1.82) is 0 Å². The van der Waals surface area contributed by atoms with Crippen LogP contribution in [-0.2, 0) is 33.8 Å². The van der Waals surface area contributed by atoms with E-state index in [-0.39, 0.29) is 18.0 Å². The minimum Gasteiger partial charge on any atom is -0.496 e. The SMILES string of the molecule is COc1cc(C)c(S(=O)(=O)N(C)CCOC(OC(C)=O)C(=O)OC(C)(C)C)c(C)c1C. The molecule has 31 heavy (non-hydrogen) atoms. The molecule has 0 saturated heterocycles. The summed E-state index contributed by atoms with van der Waals surface area (Å²) in [5.74, 6) is -0.982. The number of likely N-dealkylation sites (N-methyl/N-ethyl adjacent to an activating group) is 1. The number of benzene rings is 1. The van der Waals surface area contributed by atoms with Crippen molar-refractivity contribution >= 4 is 22.0 Å². The van der Waals surface area contributed by atoms with Crippen LogP contribution in [0.1, 0.15) is 44.4 Å². The van der Waals surface area contributed by atoms with E-state index in [4.69, 9.17) is 18.9 Å². The fourth-order valence-corrected chi connectivity index (χ4v) is 4.48. The van der Waals surface area contributed by atoms with Gasteiger partial charge in [0.05, 0.1) is 18.6 Å². The molecule has 1 aromatic carbocycles. The maximum Gasteiger partial charge on any atom is 0.376 e.